The molecule has 0 fully saturated rings. The van der Waals surface area contributed by atoms with E-state index in [1.807, 2.05) is 26.0 Å². The lowest BCUT2D eigenvalue weighted by Crippen LogP contribution is -2.22. The Balaban J connectivity index is 3.09. The normalized spacial score (nSPS) is 11.5. The highest BCUT2D eigenvalue weighted by molar-refractivity contribution is 9.10. The van der Waals surface area contributed by atoms with E-state index in [1.54, 1.807) is 6.07 Å². The molecule has 0 heterocycles. The SMILES string of the molecule is CC(C)(CC(=O)O)c1ccc(Br)cc1Cl. The lowest BCUT2D eigenvalue weighted by Gasteiger charge is -2.24. The van der Waals surface area contributed by atoms with Gasteiger partial charge < -0.3 is 5.11 Å². The first-order valence-electron chi connectivity index (χ1n) is 4.50. The van der Waals surface area contributed by atoms with Crippen LogP contribution in [0.1, 0.15) is 25.8 Å². The molecule has 0 saturated heterocycles. The van der Waals surface area contributed by atoms with Crippen LogP contribution in [0.4, 0.5) is 0 Å². The predicted octanol–water partition coefficient (Wildman–Crippen LogP) is 3.85. The molecule has 0 saturated carbocycles. The molecule has 0 aliphatic carbocycles. The van der Waals surface area contributed by atoms with Gasteiger partial charge in [-0.3, -0.25) is 4.79 Å². The van der Waals surface area contributed by atoms with E-state index < -0.39 is 11.4 Å². The van der Waals surface area contributed by atoms with Gasteiger partial charge in [0.25, 0.3) is 0 Å². The van der Waals surface area contributed by atoms with Gasteiger partial charge in [-0.2, -0.15) is 0 Å². The van der Waals surface area contributed by atoms with Crippen LogP contribution in [0, 0.1) is 0 Å². The van der Waals surface area contributed by atoms with Gasteiger partial charge in [-0.25, -0.2) is 0 Å². The highest BCUT2D eigenvalue weighted by Crippen LogP contribution is 2.34. The van der Waals surface area contributed by atoms with Gasteiger partial charge in [0.05, 0.1) is 6.42 Å². The first kappa shape index (κ1) is 12.5. The average Bonchev–Trinajstić information content (AvgIpc) is 1.99. The van der Waals surface area contributed by atoms with Crippen molar-refractivity contribution in [1.82, 2.24) is 0 Å². The molecule has 0 aliphatic heterocycles. The van der Waals surface area contributed by atoms with Crippen LogP contribution in [0.2, 0.25) is 5.02 Å². The summed E-state index contributed by atoms with van der Waals surface area (Å²) in [4.78, 5) is 10.7. The molecule has 82 valence electrons. The fourth-order valence-corrected chi connectivity index (χ4v) is 2.44. The van der Waals surface area contributed by atoms with Crippen molar-refractivity contribution in [3.05, 3.63) is 33.3 Å². The molecular formula is C11H12BrClO2. The molecule has 1 rings (SSSR count). The Morgan fingerprint density at radius 3 is 2.60 bits per heavy atom. The van der Waals surface area contributed by atoms with Crippen molar-refractivity contribution in [3.63, 3.8) is 0 Å². The first-order chi connectivity index (χ1) is 6.83. The molecule has 0 unspecified atom stereocenters. The third-order valence-corrected chi connectivity index (χ3v) is 3.06. The van der Waals surface area contributed by atoms with E-state index in [2.05, 4.69) is 15.9 Å². The van der Waals surface area contributed by atoms with E-state index >= 15 is 0 Å². The van der Waals surface area contributed by atoms with Gasteiger partial charge in [0.15, 0.2) is 0 Å². The number of carbonyl (C=O) groups is 1. The van der Waals surface area contributed by atoms with Crippen molar-refractivity contribution in [2.75, 3.05) is 0 Å². The number of carboxylic acid groups (broad SMARTS) is 1. The van der Waals surface area contributed by atoms with E-state index in [4.69, 9.17) is 16.7 Å². The standard InChI is InChI=1S/C11H12BrClO2/c1-11(2,6-10(14)15)8-4-3-7(12)5-9(8)13/h3-5H,6H2,1-2H3,(H,14,15). The minimum atomic E-state index is -0.820. The summed E-state index contributed by atoms with van der Waals surface area (Å²) in [7, 11) is 0. The number of aliphatic carboxylic acids is 1. The number of benzene rings is 1. The average molecular weight is 292 g/mol. The third-order valence-electron chi connectivity index (χ3n) is 2.25. The molecule has 0 aromatic heterocycles. The van der Waals surface area contributed by atoms with Gasteiger partial charge in [-0.05, 0) is 17.7 Å². The van der Waals surface area contributed by atoms with Crippen molar-refractivity contribution < 1.29 is 9.90 Å². The molecule has 4 heteroatoms. The molecule has 0 atom stereocenters. The second-order valence-corrected chi connectivity index (χ2v) is 5.40. The Bertz CT molecular complexity index is 388. The van der Waals surface area contributed by atoms with E-state index in [0.29, 0.717) is 5.02 Å². The fraction of sp³-hybridized carbons (Fsp3) is 0.364. The van der Waals surface area contributed by atoms with Crippen molar-refractivity contribution in [1.29, 1.82) is 0 Å². The van der Waals surface area contributed by atoms with Gasteiger partial charge in [0.1, 0.15) is 0 Å². The van der Waals surface area contributed by atoms with Crippen LogP contribution in [0.25, 0.3) is 0 Å². The number of hydrogen-bond acceptors (Lipinski definition) is 1. The van der Waals surface area contributed by atoms with Crippen LogP contribution in [-0.4, -0.2) is 11.1 Å². The molecule has 0 radical (unpaired) electrons. The highest BCUT2D eigenvalue weighted by Gasteiger charge is 2.26. The maximum Gasteiger partial charge on any atom is 0.304 e. The van der Waals surface area contributed by atoms with Crippen LogP contribution in [-0.2, 0) is 10.2 Å². The molecule has 15 heavy (non-hydrogen) atoms. The van der Waals surface area contributed by atoms with Gasteiger partial charge >= 0.3 is 5.97 Å². The molecular weight excluding hydrogens is 279 g/mol. The fourth-order valence-electron chi connectivity index (χ4n) is 1.51. The second-order valence-electron chi connectivity index (χ2n) is 4.08. The molecule has 0 aliphatic rings. The lowest BCUT2D eigenvalue weighted by molar-refractivity contribution is -0.138. The van der Waals surface area contributed by atoms with Gasteiger partial charge in [-0.1, -0.05) is 47.4 Å². The van der Waals surface area contributed by atoms with Crippen molar-refractivity contribution in [3.8, 4) is 0 Å². The summed E-state index contributed by atoms with van der Waals surface area (Å²) in [6.45, 7) is 3.74. The minimum Gasteiger partial charge on any atom is -0.481 e. The summed E-state index contributed by atoms with van der Waals surface area (Å²) >= 11 is 9.39. The summed E-state index contributed by atoms with van der Waals surface area (Å²) in [5, 5.41) is 9.40. The van der Waals surface area contributed by atoms with E-state index in [-0.39, 0.29) is 6.42 Å². The second kappa shape index (κ2) is 4.54. The Morgan fingerprint density at radius 1 is 1.53 bits per heavy atom. The van der Waals surface area contributed by atoms with Crippen LogP contribution in [0.3, 0.4) is 0 Å². The number of hydrogen-bond donors (Lipinski definition) is 1. The molecule has 1 aromatic carbocycles. The molecule has 1 aromatic rings. The van der Waals surface area contributed by atoms with Gasteiger partial charge in [0.2, 0.25) is 0 Å². The Labute approximate surface area is 102 Å². The van der Waals surface area contributed by atoms with E-state index in [9.17, 15) is 4.79 Å². The van der Waals surface area contributed by atoms with Crippen LogP contribution in [0.15, 0.2) is 22.7 Å². The van der Waals surface area contributed by atoms with Crippen LogP contribution in [0.5, 0.6) is 0 Å². The zero-order valence-electron chi connectivity index (χ0n) is 8.55. The number of rotatable bonds is 3. The lowest BCUT2D eigenvalue weighted by atomic mass is 9.81. The number of carboxylic acids is 1. The van der Waals surface area contributed by atoms with E-state index in [1.165, 1.54) is 0 Å². The molecule has 0 amide bonds. The third kappa shape index (κ3) is 3.21. The Morgan fingerprint density at radius 2 is 2.13 bits per heavy atom. The number of halogens is 2. The predicted molar refractivity (Wildman–Crippen MR) is 64.4 cm³/mol. The summed E-state index contributed by atoms with van der Waals surface area (Å²) in [6, 6.07) is 5.50. The molecule has 0 bridgehead atoms. The molecule has 2 nitrogen and oxygen atoms in total. The van der Waals surface area contributed by atoms with Crippen molar-refractivity contribution in [2.24, 2.45) is 0 Å². The Kier molecular flexibility index (Phi) is 3.79. The van der Waals surface area contributed by atoms with Crippen molar-refractivity contribution >= 4 is 33.5 Å². The maximum absolute atomic E-state index is 10.7. The highest BCUT2D eigenvalue weighted by atomic mass is 79.9. The summed E-state index contributed by atoms with van der Waals surface area (Å²) in [6.07, 6.45) is 0.0638. The summed E-state index contributed by atoms with van der Waals surface area (Å²) in [5.41, 5.74) is 0.402. The largest absolute Gasteiger partial charge is 0.481 e. The maximum atomic E-state index is 10.7. The topological polar surface area (TPSA) is 37.3 Å². The minimum absolute atomic E-state index is 0.0638. The van der Waals surface area contributed by atoms with Gasteiger partial charge in [0, 0.05) is 14.9 Å². The zero-order chi connectivity index (χ0) is 11.6. The van der Waals surface area contributed by atoms with Crippen LogP contribution < -0.4 is 0 Å². The zero-order valence-corrected chi connectivity index (χ0v) is 10.9. The van der Waals surface area contributed by atoms with Crippen LogP contribution >= 0.6 is 27.5 Å². The van der Waals surface area contributed by atoms with E-state index in [0.717, 1.165) is 10.0 Å². The monoisotopic (exact) mass is 290 g/mol. The molecule has 1 N–H and O–H groups in total. The molecule has 0 spiro atoms. The first-order valence-corrected chi connectivity index (χ1v) is 5.67. The summed E-state index contributed by atoms with van der Waals surface area (Å²) in [5.74, 6) is -0.820. The Hall–Kier alpha value is -0.540. The van der Waals surface area contributed by atoms with Gasteiger partial charge in [-0.15, -0.1) is 0 Å². The van der Waals surface area contributed by atoms with Crippen molar-refractivity contribution in [2.45, 2.75) is 25.7 Å². The smallest absolute Gasteiger partial charge is 0.304 e. The quantitative estimate of drug-likeness (QED) is 0.918. The summed E-state index contributed by atoms with van der Waals surface area (Å²) < 4.78 is 0.891.